The van der Waals surface area contributed by atoms with Gasteiger partial charge in [-0.05, 0) is 32.0 Å². The van der Waals surface area contributed by atoms with Gasteiger partial charge in [0.2, 0.25) is 5.91 Å². The number of likely N-dealkylation sites (N-methyl/N-ethyl adjacent to an activating group) is 1. The summed E-state index contributed by atoms with van der Waals surface area (Å²) in [5.41, 5.74) is 0. The number of carbonyl (C=O) groups is 1. The molecule has 2 atom stereocenters. The van der Waals surface area contributed by atoms with E-state index in [1.54, 1.807) is 0 Å². The van der Waals surface area contributed by atoms with Gasteiger partial charge in [-0.25, -0.2) is 0 Å². The fraction of sp³-hybridized carbons (Fsp3) is 0.500. The van der Waals surface area contributed by atoms with E-state index in [0.717, 1.165) is 24.4 Å². The smallest absolute Gasteiger partial charge is 0.235 e. The summed E-state index contributed by atoms with van der Waals surface area (Å²) in [6.07, 6.45) is 1.03. The van der Waals surface area contributed by atoms with Crippen LogP contribution in [-0.4, -0.2) is 42.2 Å². The van der Waals surface area contributed by atoms with Crippen LogP contribution < -0.4 is 5.32 Å². The minimum absolute atomic E-state index is 0.120. The van der Waals surface area contributed by atoms with Crippen LogP contribution in [0.2, 0.25) is 5.02 Å². The van der Waals surface area contributed by atoms with E-state index >= 15 is 0 Å². The molecule has 2 rings (SSSR count). The largest absolute Gasteiger partial charge is 0.340 e. The van der Waals surface area contributed by atoms with Gasteiger partial charge < -0.3 is 10.2 Å². The second-order valence-corrected chi connectivity index (χ2v) is 6.58. The standard InChI is InChI=1S/C14H19ClN2OS/c1-10(19-13-6-4-3-5-12(13)15)14(18)17(2)11-7-8-16-9-11/h3-6,10-11,16H,7-9H2,1-2H3. The topological polar surface area (TPSA) is 32.3 Å². The van der Waals surface area contributed by atoms with Crippen molar-refractivity contribution >= 4 is 29.3 Å². The monoisotopic (exact) mass is 298 g/mol. The van der Waals surface area contributed by atoms with Gasteiger partial charge in [0.25, 0.3) is 0 Å². The number of amides is 1. The molecule has 1 fully saturated rings. The molecule has 0 bridgehead atoms. The summed E-state index contributed by atoms with van der Waals surface area (Å²) in [6, 6.07) is 7.96. The minimum Gasteiger partial charge on any atom is -0.340 e. The van der Waals surface area contributed by atoms with Crippen molar-refractivity contribution in [2.24, 2.45) is 0 Å². The molecular formula is C14H19ClN2OS. The SMILES string of the molecule is CC(Sc1ccccc1Cl)C(=O)N(C)C1CCNC1. The fourth-order valence-corrected chi connectivity index (χ4v) is 3.47. The van der Waals surface area contributed by atoms with Crippen molar-refractivity contribution in [1.29, 1.82) is 0 Å². The average Bonchev–Trinajstić information content (AvgIpc) is 2.93. The normalized spacial score (nSPS) is 20.3. The van der Waals surface area contributed by atoms with Gasteiger partial charge in [0, 0.05) is 24.5 Å². The third-order valence-corrected chi connectivity index (χ3v) is 5.02. The molecular weight excluding hydrogens is 280 g/mol. The van der Waals surface area contributed by atoms with Crippen LogP contribution in [0.5, 0.6) is 0 Å². The molecule has 0 radical (unpaired) electrons. The van der Waals surface area contributed by atoms with E-state index in [0.29, 0.717) is 11.1 Å². The van der Waals surface area contributed by atoms with Gasteiger partial charge in [0.1, 0.15) is 0 Å². The summed E-state index contributed by atoms with van der Waals surface area (Å²) in [5.74, 6) is 0.165. The number of carbonyl (C=O) groups excluding carboxylic acids is 1. The minimum atomic E-state index is -0.120. The zero-order valence-electron chi connectivity index (χ0n) is 11.2. The van der Waals surface area contributed by atoms with Gasteiger partial charge in [-0.3, -0.25) is 4.79 Å². The lowest BCUT2D eigenvalue weighted by molar-refractivity contribution is -0.130. The zero-order valence-corrected chi connectivity index (χ0v) is 12.8. The molecule has 1 aromatic rings. The van der Waals surface area contributed by atoms with Crippen molar-refractivity contribution in [3.63, 3.8) is 0 Å². The Kier molecular flexibility index (Phi) is 5.13. The van der Waals surface area contributed by atoms with E-state index in [1.807, 2.05) is 43.1 Å². The molecule has 19 heavy (non-hydrogen) atoms. The molecule has 1 aliphatic heterocycles. The van der Waals surface area contributed by atoms with E-state index in [1.165, 1.54) is 11.8 Å². The van der Waals surface area contributed by atoms with Crippen LogP contribution in [-0.2, 0) is 4.79 Å². The lowest BCUT2D eigenvalue weighted by atomic mass is 10.2. The lowest BCUT2D eigenvalue weighted by Gasteiger charge is -2.26. The Morgan fingerprint density at radius 1 is 1.53 bits per heavy atom. The molecule has 0 aliphatic carbocycles. The summed E-state index contributed by atoms with van der Waals surface area (Å²) in [4.78, 5) is 15.2. The van der Waals surface area contributed by atoms with Crippen LogP contribution in [0.1, 0.15) is 13.3 Å². The first-order valence-corrected chi connectivity index (χ1v) is 7.74. The fourth-order valence-electron chi connectivity index (χ4n) is 2.22. The Hall–Kier alpha value is -0.710. The summed E-state index contributed by atoms with van der Waals surface area (Å²) in [7, 11) is 1.89. The van der Waals surface area contributed by atoms with Gasteiger partial charge in [-0.15, -0.1) is 11.8 Å². The van der Waals surface area contributed by atoms with Crippen molar-refractivity contribution in [2.75, 3.05) is 20.1 Å². The predicted octanol–water partition coefficient (Wildman–Crippen LogP) is 2.64. The molecule has 0 spiro atoms. The number of hydrogen-bond acceptors (Lipinski definition) is 3. The summed E-state index contributed by atoms with van der Waals surface area (Å²) >= 11 is 7.65. The second kappa shape index (κ2) is 6.64. The Balaban J connectivity index is 1.97. The predicted molar refractivity (Wildman–Crippen MR) is 80.8 cm³/mol. The Morgan fingerprint density at radius 2 is 2.26 bits per heavy atom. The summed E-state index contributed by atoms with van der Waals surface area (Å²) < 4.78 is 0. The number of nitrogens with zero attached hydrogens (tertiary/aromatic N) is 1. The molecule has 1 aromatic carbocycles. The molecule has 1 aliphatic rings. The van der Waals surface area contributed by atoms with Gasteiger partial charge in [-0.2, -0.15) is 0 Å². The molecule has 0 saturated carbocycles. The second-order valence-electron chi connectivity index (χ2n) is 4.79. The molecule has 5 heteroatoms. The number of rotatable bonds is 4. The third-order valence-electron chi connectivity index (χ3n) is 3.42. The number of nitrogens with one attached hydrogen (secondary N) is 1. The maximum absolute atomic E-state index is 12.4. The summed E-state index contributed by atoms with van der Waals surface area (Å²) in [6.45, 7) is 3.83. The first-order chi connectivity index (χ1) is 9.09. The van der Waals surface area contributed by atoms with Crippen molar-refractivity contribution in [1.82, 2.24) is 10.2 Å². The van der Waals surface area contributed by atoms with Gasteiger partial charge in [-0.1, -0.05) is 23.7 Å². The van der Waals surface area contributed by atoms with Gasteiger partial charge >= 0.3 is 0 Å². The maximum atomic E-state index is 12.4. The van der Waals surface area contributed by atoms with Crippen LogP contribution >= 0.6 is 23.4 Å². The lowest BCUT2D eigenvalue weighted by Crippen LogP contribution is -2.42. The highest BCUT2D eigenvalue weighted by atomic mass is 35.5. The van der Waals surface area contributed by atoms with Crippen molar-refractivity contribution in [2.45, 2.75) is 29.5 Å². The molecule has 0 aromatic heterocycles. The van der Waals surface area contributed by atoms with E-state index in [2.05, 4.69) is 5.32 Å². The summed E-state index contributed by atoms with van der Waals surface area (Å²) in [5, 5.41) is 3.87. The highest BCUT2D eigenvalue weighted by molar-refractivity contribution is 8.00. The van der Waals surface area contributed by atoms with Crippen LogP contribution in [0.25, 0.3) is 0 Å². The number of thioether (sulfide) groups is 1. The quantitative estimate of drug-likeness (QED) is 0.867. The molecule has 1 saturated heterocycles. The highest BCUT2D eigenvalue weighted by Crippen LogP contribution is 2.31. The maximum Gasteiger partial charge on any atom is 0.235 e. The Bertz CT molecular complexity index is 449. The first kappa shape index (κ1) is 14.7. The highest BCUT2D eigenvalue weighted by Gasteiger charge is 2.27. The third kappa shape index (κ3) is 3.65. The van der Waals surface area contributed by atoms with E-state index in [9.17, 15) is 4.79 Å². The van der Waals surface area contributed by atoms with E-state index in [-0.39, 0.29) is 11.2 Å². The molecule has 1 N–H and O–H groups in total. The van der Waals surface area contributed by atoms with Crippen molar-refractivity contribution in [3.8, 4) is 0 Å². The average molecular weight is 299 g/mol. The molecule has 1 heterocycles. The number of benzene rings is 1. The Morgan fingerprint density at radius 3 is 2.89 bits per heavy atom. The molecule has 1 amide bonds. The zero-order chi connectivity index (χ0) is 13.8. The molecule has 104 valence electrons. The van der Waals surface area contributed by atoms with E-state index < -0.39 is 0 Å². The van der Waals surface area contributed by atoms with E-state index in [4.69, 9.17) is 11.6 Å². The van der Waals surface area contributed by atoms with Crippen molar-refractivity contribution < 1.29 is 4.79 Å². The van der Waals surface area contributed by atoms with Crippen LogP contribution in [0.4, 0.5) is 0 Å². The Labute approximate surface area is 123 Å². The number of hydrogen-bond donors (Lipinski definition) is 1. The van der Waals surface area contributed by atoms with Crippen LogP contribution in [0.15, 0.2) is 29.2 Å². The number of halogens is 1. The van der Waals surface area contributed by atoms with Crippen molar-refractivity contribution in [3.05, 3.63) is 29.3 Å². The molecule has 3 nitrogen and oxygen atoms in total. The van der Waals surface area contributed by atoms with Crippen LogP contribution in [0.3, 0.4) is 0 Å². The van der Waals surface area contributed by atoms with Gasteiger partial charge in [0.15, 0.2) is 0 Å². The first-order valence-electron chi connectivity index (χ1n) is 6.48. The molecule has 2 unspecified atom stereocenters. The van der Waals surface area contributed by atoms with Gasteiger partial charge in [0.05, 0.1) is 10.3 Å². The van der Waals surface area contributed by atoms with Crippen LogP contribution in [0, 0.1) is 0 Å².